The number of anilines is 1. The fourth-order valence-corrected chi connectivity index (χ4v) is 2.77. The van der Waals surface area contributed by atoms with Gasteiger partial charge in [-0.05, 0) is 17.7 Å². The van der Waals surface area contributed by atoms with Gasteiger partial charge >= 0.3 is 6.09 Å². The van der Waals surface area contributed by atoms with Gasteiger partial charge in [-0.15, -0.1) is 0 Å². The van der Waals surface area contributed by atoms with Crippen LogP contribution in [0.5, 0.6) is 0 Å². The number of para-hydroxylation sites is 1. The maximum absolute atomic E-state index is 11.9. The molecule has 2 aromatic rings. The van der Waals surface area contributed by atoms with Crippen molar-refractivity contribution in [3.8, 4) is 0 Å². The lowest BCUT2D eigenvalue weighted by atomic mass is 10.2. The Bertz CT molecular complexity index is 718. The quantitative estimate of drug-likeness (QED) is 0.814. The van der Waals surface area contributed by atoms with E-state index in [1.807, 2.05) is 30.3 Å². The first-order valence-corrected chi connectivity index (χ1v) is 8.70. The van der Waals surface area contributed by atoms with Gasteiger partial charge in [0.2, 0.25) is 10.0 Å². The number of amides is 1. The van der Waals surface area contributed by atoms with E-state index in [9.17, 15) is 13.2 Å². The molecule has 2 aromatic carbocycles. The Morgan fingerprint density at radius 3 is 2.22 bits per heavy atom. The van der Waals surface area contributed by atoms with Crippen molar-refractivity contribution in [2.75, 3.05) is 17.0 Å². The molecule has 0 aliphatic rings. The highest BCUT2D eigenvalue weighted by molar-refractivity contribution is 7.92. The van der Waals surface area contributed by atoms with E-state index in [4.69, 9.17) is 4.74 Å². The van der Waals surface area contributed by atoms with Crippen molar-refractivity contribution in [2.24, 2.45) is 0 Å². The molecule has 0 aliphatic heterocycles. The van der Waals surface area contributed by atoms with E-state index in [0.29, 0.717) is 5.69 Å². The number of hydrogen-bond acceptors (Lipinski definition) is 4. The second kappa shape index (κ2) is 8.19. The van der Waals surface area contributed by atoms with E-state index < -0.39 is 16.1 Å². The molecule has 6 nitrogen and oxygen atoms in total. The van der Waals surface area contributed by atoms with E-state index >= 15 is 0 Å². The zero-order valence-corrected chi connectivity index (χ0v) is 13.3. The summed E-state index contributed by atoms with van der Waals surface area (Å²) >= 11 is 0. The van der Waals surface area contributed by atoms with Crippen LogP contribution in [0.1, 0.15) is 5.56 Å². The number of sulfonamides is 1. The number of carbonyl (C=O) groups excluding carboxylic acids is 1. The van der Waals surface area contributed by atoms with Gasteiger partial charge in [-0.1, -0.05) is 48.5 Å². The Kier molecular flexibility index (Phi) is 5.99. The van der Waals surface area contributed by atoms with E-state index in [0.717, 1.165) is 5.56 Å². The van der Waals surface area contributed by atoms with Gasteiger partial charge in [-0.25, -0.2) is 13.2 Å². The van der Waals surface area contributed by atoms with Crippen molar-refractivity contribution in [1.82, 2.24) is 5.32 Å². The summed E-state index contributed by atoms with van der Waals surface area (Å²) < 4.78 is 31.1. The maximum Gasteiger partial charge on any atom is 0.407 e. The molecule has 0 fully saturated rings. The van der Waals surface area contributed by atoms with Crippen LogP contribution in [-0.4, -0.2) is 26.8 Å². The van der Waals surface area contributed by atoms with E-state index in [1.165, 1.54) is 0 Å². The average Bonchev–Trinajstić information content (AvgIpc) is 2.54. The van der Waals surface area contributed by atoms with Crippen LogP contribution < -0.4 is 10.0 Å². The van der Waals surface area contributed by atoms with Gasteiger partial charge in [0.15, 0.2) is 0 Å². The van der Waals surface area contributed by atoms with Crippen molar-refractivity contribution in [3.05, 3.63) is 66.2 Å². The summed E-state index contributed by atoms with van der Waals surface area (Å²) in [5.74, 6) is -0.234. The topological polar surface area (TPSA) is 84.5 Å². The van der Waals surface area contributed by atoms with Crippen molar-refractivity contribution in [2.45, 2.75) is 6.61 Å². The lowest BCUT2D eigenvalue weighted by Crippen LogP contribution is -2.31. The summed E-state index contributed by atoms with van der Waals surface area (Å²) in [4.78, 5) is 11.5. The summed E-state index contributed by atoms with van der Waals surface area (Å²) in [6, 6.07) is 17.8. The molecule has 7 heteroatoms. The van der Waals surface area contributed by atoms with Crippen LogP contribution in [0.3, 0.4) is 0 Å². The molecule has 2 rings (SSSR count). The molecule has 2 N–H and O–H groups in total. The van der Waals surface area contributed by atoms with Crippen LogP contribution in [-0.2, 0) is 21.4 Å². The molecule has 0 heterocycles. The largest absolute Gasteiger partial charge is 0.445 e. The van der Waals surface area contributed by atoms with Crippen LogP contribution >= 0.6 is 0 Å². The fourth-order valence-electron chi connectivity index (χ4n) is 1.80. The first-order valence-electron chi connectivity index (χ1n) is 7.05. The summed E-state index contributed by atoms with van der Waals surface area (Å²) in [5, 5.41) is 2.41. The second-order valence-electron chi connectivity index (χ2n) is 4.78. The van der Waals surface area contributed by atoms with Gasteiger partial charge in [-0.3, -0.25) is 4.72 Å². The first-order chi connectivity index (χ1) is 11.1. The molecule has 0 atom stereocenters. The van der Waals surface area contributed by atoms with Crippen LogP contribution in [0.4, 0.5) is 10.5 Å². The van der Waals surface area contributed by atoms with Crippen LogP contribution in [0.25, 0.3) is 0 Å². The predicted octanol–water partition coefficient (Wildman–Crippen LogP) is 2.35. The highest BCUT2D eigenvalue weighted by atomic mass is 32.2. The SMILES string of the molecule is O=C(NCCS(=O)(=O)Nc1ccccc1)OCc1ccccc1. The highest BCUT2D eigenvalue weighted by Gasteiger charge is 2.11. The smallest absolute Gasteiger partial charge is 0.407 e. The lowest BCUT2D eigenvalue weighted by Gasteiger charge is -2.09. The molecule has 0 aliphatic carbocycles. The van der Waals surface area contributed by atoms with Crippen molar-refractivity contribution < 1.29 is 17.9 Å². The molecule has 0 saturated carbocycles. The zero-order valence-electron chi connectivity index (χ0n) is 12.4. The Labute approximate surface area is 135 Å². The van der Waals surface area contributed by atoms with Crippen molar-refractivity contribution >= 4 is 21.8 Å². The number of carbonyl (C=O) groups is 1. The Morgan fingerprint density at radius 1 is 0.957 bits per heavy atom. The van der Waals surface area contributed by atoms with Crippen molar-refractivity contribution in [1.29, 1.82) is 0 Å². The zero-order chi connectivity index (χ0) is 16.5. The molecular formula is C16H18N2O4S. The Morgan fingerprint density at radius 2 is 1.57 bits per heavy atom. The predicted molar refractivity (Wildman–Crippen MR) is 88.5 cm³/mol. The summed E-state index contributed by atoms with van der Waals surface area (Å²) in [5.41, 5.74) is 1.35. The molecular weight excluding hydrogens is 316 g/mol. The summed E-state index contributed by atoms with van der Waals surface area (Å²) in [6.07, 6.45) is -0.649. The molecule has 0 unspecified atom stereocenters. The minimum Gasteiger partial charge on any atom is -0.445 e. The lowest BCUT2D eigenvalue weighted by molar-refractivity contribution is 0.140. The highest BCUT2D eigenvalue weighted by Crippen LogP contribution is 2.07. The van der Waals surface area contributed by atoms with Crippen LogP contribution in [0.15, 0.2) is 60.7 Å². The Balaban J connectivity index is 1.70. The molecule has 23 heavy (non-hydrogen) atoms. The van der Waals surface area contributed by atoms with Gasteiger partial charge in [-0.2, -0.15) is 0 Å². The number of alkyl carbamates (subject to hydrolysis) is 1. The third-order valence-corrected chi connectivity index (χ3v) is 4.19. The monoisotopic (exact) mass is 334 g/mol. The van der Waals surface area contributed by atoms with E-state index in [2.05, 4.69) is 10.0 Å². The number of hydrogen-bond donors (Lipinski definition) is 2. The van der Waals surface area contributed by atoms with E-state index in [-0.39, 0.29) is 18.9 Å². The molecule has 0 saturated heterocycles. The van der Waals surface area contributed by atoms with Crippen molar-refractivity contribution in [3.63, 3.8) is 0 Å². The standard InChI is InChI=1S/C16H18N2O4S/c19-16(22-13-14-7-3-1-4-8-14)17-11-12-23(20,21)18-15-9-5-2-6-10-15/h1-10,18H,11-13H2,(H,17,19). The first kappa shape index (κ1) is 16.8. The number of rotatable bonds is 7. The summed E-state index contributed by atoms with van der Waals surface area (Å²) in [7, 11) is -3.52. The third-order valence-electron chi connectivity index (χ3n) is 2.90. The minimum atomic E-state index is -3.52. The minimum absolute atomic E-state index is 0.0320. The van der Waals surface area contributed by atoms with E-state index in [1.54, 1.807) is 30.3 Å². The van der Waals surface area contributed by atoms with Gasteiger partial charge in [0, 0.05) is 12.2 Å². The maximum atomic E-state index is 11.9. The third kappa shape index (κ3) is 6.39. The van der Waals surface area contributed by atoms with Gasteiger partial charge in [0.1, 0.15) is 6.61 Å². The molecule has 0 spiro atoms. The van der Waals surface area contributed by atoms with Crippen LogP contribution in [0.2, 0.25) is 0 Å². The van der Waals surface area contributed by atoms with Crippen LogP contribution in [0, 0.1) is 0 Å². The molecule has 122 valence electrons. The normalized spacial score (nSPS) is 10.8. The van der Waals surface area contributed by atoms with Gasteiger partial charge in [0.05, 0.1) is 5.75 Å². The van der Waals surface area contributed by atoms with Gasteiger partial charge in [0.25, 0.3) is 0 Å². The molecule has 0 radical (unpaired) electrons. The number of ether oxygens (including phenoxy) is 1. The number of nitrogens with one attached hydrogen (secondary N) is 2. The molecule has 1 amide bonds. The molecule has 0 aromatic heterocycles. The molecule has 0 bridgehead atoms. The fraction of sp³-hybridized carbons (Fsp3) is 0.188. The second-order valence-corrected chi connectivity index (χ2v) is 6.62. The van der Waals surface area contributed by atoms with Gasteiger partial charge < -0.3 is 10.1 Å². The number of benzene rings is 2. The summed E-state index contributed by atoms with van der Waals surface area (Å²) in [6.45, 7) is 0.109. The Hall–Kier alpha value is -2.54. The average molecular weight is 334 g/mol.